The van der Waals surface area contributed by atoms with Crippen molar-refractivity contribution < 1.29 is 9.22 Å². The van der Waals surface area contributed by atoms with E-state index in [1.165, 1.54) is 11.1 Å². The lowest BCUT2D eigenvalue weighted by Crippen LogP contribution is -2.51. The number of pyridine rings is 1. The summed E-state index contributed by atoms with van der Waals surface area (Å²) in [6, 6.07) is 14.5. The fraction of sp³-hybridized carbons (Fsp3) is 0.469. The molecule has 4 heterocycles. The van der Waals surface area contributed by atoms with Crippen LogP contribution in [0.4, 0.5) is 4.79 Å². The monoisotopic (exact) mass is 583 g/mol. The average Bonchev–Trinajstić information content (AvgIpc) is 3.30. The maximum absolute atomic E-state index is 13.5. The van der Waals surface area contributed by atoms with Crippen LogP contribution in [0.15, 0.2) is 55.0 Å². The summed E-state index contributed by atoms with van der Waals surface area (Å²) in [5.74, 6) is 0.138. The predicted octanol–water partition coefficient (Wildman–Crippen LogP) is 5.10. The third-order valence-electron chi connectivity index (χ3n) is 8.81. The summed E-state index contributed by atoms with van der Waals surface area (Å²) in [4.78, 5) is 32.5. The normalized spacial score (nSPS) is 16.8. The van der Waals surface area contributed by atoms with Gasteiger partial charge in [-0.25, -0.2) is 14.8 Å². The highest BCUT2D eigenvalue weighted by molar-refractivity contribution is 6.74. The van der Waals surface area contributed by atoms with Crippen molar-refractivity contribution in [3.63, 3.8) is 0 Å². The lowest BCUT2D eigenvalue weighted by molar-refractivity contribution is 0.0878. The molecule has 0 bridgehead atoms. The van der Waals surface area contributed by atoms with Crippen molar-refractivity contribution in [2.45, 2.75) is 64.5 Å². The number of nitriles is 1. The molecule has 5 rings (SSSR count). The van der Waals surface area contributed by atoms with Gasteiger partial charge in [-0.2, -0.15) is 5.26 Å². The highest BCUT2D eigenvalue weighted by Gasteiger charge is 2.41. The first-order valence-electron chi connectivity index (χ1n) is 14.7. The highest BCUT2D eigenvalue weighted by atomic mass is 28.4. The fourth-order valence-electron chi connectivity index (χ4n) is 5.34. The van der Waals surface area contributed by atoms with Crippen molar-refractivity contribution in [3.8, 4) is 17.2 Å². The molecule has 3 aromatic rings. The Labute approximate surface area is 250 Å². The van der Waals surface area contributed by atoms with Crippen molar-refractivity contribution in [2.24, 2.45) is 0 Å². The largest absolute Gasteiger partial charge is 0.411 e. The van der Waals surface area contributed by atoms with E-state index in [9.17, 15) is 4.79 Å². The Morgan fingerprint density at radius 2 is 1.62 bits per heavy atom. The van der Waals surface area contributed by atoms with Gasteiger partial charge in [-0.1, -0.05) is 51.1 Å². The van der Waals surface area contributed by atoms with Gasteiger partial charge in [-0.3, -0.25) is 9.88 Å². The first-order chi connectivity index (χ1) is 20.0. The van der Waals surface area contributed by atoms with E-state index >= 15 is 0 Å². The Morgan fingerprint density at radius 1 is 0.929 bits per heavy atom. The molecule has 1 saturated heterocycles. The molecule has 9 nitrogen and oxygen atoms in total. The summed E-state index contributed by atoms with van der Waals surface area (Å²) in [6.07, 6.45) is 6.00. The Hall–Kier alpha value is -3.65. The van der Waals surface area contributed by atoms with E-state index in [2.05, 4.69) is 78.0 Å². The molecule has 2 aromatic heterocycles. The summed E-state index contributed by atoms with van der Waals surface area (Å²) in [5.41, 5.74) is 5.31. The number of urea groups is 1. The van der Waals surface area contributed by atoms with Crippen LogP contribution < -0.4 is 0 Å². The summed E-state index contributed by atoms with van der Waals surface area (Å²) >= 11 is 0. The minimum atomic E-state index is -2.05. The fourth-order valence-corrected chi connectivity index (χ4v) is 6.67. The standard InChI is InChI=1S/C32H41N7O2Si/c1-32(2,3)42(4,5)41-29(22-37-13-12-24-8-6-7-9-26(24)20-37)23-39-15-14-38(31(39)40)21-28-11-10-25(17-34-28)27-18-35-30(16-33)36-19-27/h6-11,17-19,29H,12-15,20-23H2,1-5H3/t29-/m1/s1. The van der Waals surface area contributed by atoms with Crippen molar-refractivity contribution in [1.82, 2.24) is 29.7 Å². The zero-order valence-corrected chi connectivity index (χ0v) is 26.4. The van der Waals surface area contributed by atoms with E-state index in [1.54, 1.807) is 18.6 Å². The summed E-state index contributed by atoms with van der Waals surface area (Å²) in [5, 5.41) is 9.00. The van der Waals surface area contributed by atoms with Crippen LogP contribution in [0.3, 0.4) is 0 Å². The minimum absolute atomic E-state index is 0.0363. The molecule has 1 atom stereocenters. The van der Waals surface area contributed by atoms with Crippen LogP contribution in [-0.2, 0) is 23.9 Å². The Morgan fingerprint density at radius 3 is 2.29 bits per heavy atom. The van der Waals surface area contributed by atoms with Crippen LogP contribution in [-0.4, -0.2) is 82.8 Å². The summed E-state index contributed by atoms with van der Waals surface area (Å²) in [6.45, 7) is 16.5. The molecule has 0 unspecified atom stereocenters. The van der Waals surface area contributed by atoms with Gasteiger partial charge in [-0.15, -0.1) is 0 Å². The molecular weight excluding hydrogens is 542 g/mol. The van der Waals surface area contributed by atoms with Crippen LogP contribution in [0, 0.1) is 11.3 Å². The second kappa shape index (κ2) is 12.3. The molecule has 0 saturated carbocycles. The molecule has 2 aliphatic heterocycles. The third-order valence-corrected chi connectivity index (χ3v) is 13.3. The Kier molecular flexibility index (Phi) is 8.73. The molecule has 0 aliphatic carbocycles. The zero-order chi connectivity index (χ0) is 29.9. The van der Waals surface area contributed by atoms with Gasteiger partial charge in [0.25, 0.3) is 0 Å². The smallest absolute Gasteiger partial charge is 0.320 e. The van der Waals surface area contributed by atoms with Crippen molar-refractivity contribution in [1.29, 1.82) is 5.26 Å². The molecule has 2 aliphatic rings. The number of nitrogens with zero attached hydrogens (tertiary/aromatic N) is 7. The molecule has 42 heavy (non-hydrogen) atoms. The van der Waals surface area contributed by atoms with E-state index in [0.29, 0.717) is 26.2 Å². The van der Waals surface area contributed by atoms with Crippen molar-refractivity contribution >= 4 is 14.3 Å². The molecule has 0 N–H and O–H groups in total. The number of benzene rings is 1. The van der Waals surface area contributed by atoms with Crippen LogP contribution in [0.2, 0.25) is 18.1 Å². The second-order valence-corrected chi connectivity index (χ2v) is 17.6. The quantitative estimate of drug-likeness (QED) is 0.323. The predicted molar refractivity (Wildman–Crippen MR) is 165 cm³/mol. The maximum Gasteiger partial charge on any atom is 0.320 e. The number of carbonyl (C=O) groups is 1. The van der Waals surface area contributed by atoms with Crippen LogP contribution in [0.1, 0.15) is 43.4 Å². The molecule has 10 heteroatoms. The van der Waals surface area contributed by atoms with E-state index in [1.807, 2.05) is 28.0 Å². The summed E-state index contributed by atoms with van der Waals surface area (Å²) in [7, 11) is -2.05. The highest BCUT2D eigenvalue weighted by Crippen LogP contribution is 2.37. The Bertz CT molecular complexity index is 1430. The molecule has 0 spiro atoms. The lowest BCUT2D eigenvalue weighted by atomic mass is 10.00. The second-order valence-electron chi connectivity index (χ2n) is 12.8. The van der Waals surface area contributed by atoms with Gasteiger partial charge in [0.15, 0.2) is 8.32 Å². The van der Waals surface area contributed by atoms with E-state index < -0.39 is 8.32 Å². The number of carbonyl (C=O) groups excluding carboxylic acids is 1. The van der Waals surface area contributed by atoms with Crippen LogP contribution in [0.5, 0.6) is 0 Å². The van der Waals surface area contributed by atoms with Gasteiger partial charge in [0, 0.05) is 69.0 Å². The third kappa shape index (κ3) is 6.86. The van der Waals surface area contributed by atoms with Gasteiger partial charge < -0.3 is 14.2 Å². The molecule has 220 valence electrons. The molecular formula is C32H41N7O2Si. The maximum atomic E-state index is 13.5. The minimum Gasteiger partial charge on any atom is -0.411 e. The van der Waals surface area contributed by atoms with Crippen LogP contribution in [0.25, 0.3) is 11.1 Å². The molecule has 0 radical (unpaired) electrons. The van der Waals surface area contributed by atoms with Gasteiger partial charge in [0.1, 0.15) is 6.07 Å². The number of hydrogen-bond acceptors (Lipinski definition) is 7. The van der Waals surface area contributed by atoms with Crippen molar-refractivity contribution in [3.05, 3.63) is 77.6 Å². The van der Waals surface area contributed by atoms with E-state index in [4.69, 9.17) is 9.69 Å². The molecule has 1 fully saturated rings. The van der Waals surface area contributed by atoms with Crippen LogP contribution >= 0.6 is 0 Å². The SMILES string of the molecule is CC(C)(C)[Si](C)(C)O[C@H](CN1CCc2ccccc2C1)CN1CCN(Cc2ccc(-c3cnc(C#N)nc3)cn2)C1=O. The first-order valence-corrected chi connectivity index (χ1v) is 17.6. The molecule has 2 amide bonds. The number of fused-ring (bicyclic) bond motifs is 1. The number of hydrogen-bond donors (Lipinski definition) is 0. The number of rotatable bonds is 9. The topological polar surface area (TPSA) is 98.5 Å². The average molecular weight is 584 g/mol. The first kappa shape index (κ1) is 29.8. The van der Waals surface area contributed by atoms with Gasteiger partial charge in [0.05, 0.1) is 18.3 Å². The number of aromatic nitrogens is 3. The van der Waals surface area contributed by atoms with E-state index in [0.717, 1.165) is 42.9 Å². The van der Waals surface area contributed by atoms with E-state index in [-0.39, 0.29) is 23.0 Å². The van der Waals surface area contributed by atoms with Gasteiger partial charge >= 0.3 is 6.03 Å². The lowest BCUT2D eigenvalue weighted by Gasteiger charge is -2.42. The van der Waals surface area contributed by atoms with Gasteiger partial charge in [0.2, 0.25) is 5.82 Å². The molecule has 1 aromatic carbocycles. The zero-order valence-electron chi connectivity index (χ0n) is 25.4. The van der Waals surface area contributed by atoms with Crippen molar-refractivity contribution in [2.75, 3.05) is 32.7 Å². The Balaban J connectivity index is 1.23. The van der Waals surface area contributed by atoms with Gasteiger partial charge in [-0.05, 0) is 41.7 Å². The summed E-state index contributed by atoms with van der Waals surface area (Å²) < 4.78 is 6.97. The number of amides is 2.